The molecule has 2 aromatic carbocycles. The summed E-state index contributed by atoms with van der Waals surface area (Å²) in [4.78, 5) is 15.2. The Balaban J connectivity index is 1.47. The van der Waals surface area contributed by atoms with Gasteiger partial charge < -0.3 is 10.0 Å². The molecule has 3 heterocycles. The van der Waals surface area contributed by atoms with Crippen molar-refractivity contribution < 1.29 is 9.90 Å². The zero-order valence-electron chi connectivity index (χ0n) is 17.8. The standard InChI is InChI=1S/C23H23ClN6O2/c1-23(2,32)13-29-12-17(24)19(27-29)10-21-15-5-3-4-6-16(15)22(31)30(21)11-14-7-8-18-20(9-14)26-28-25-18/h3-9,12,21,32H,10-11,13H2,1-2H3,(H,25,26,28). The van der Waals surface area contributed by atoms with E-state index >= 15 is 0 Å². The van der Waals surface area contributed by atoms with E-state index in [1.54, 1.807) is 24.7 Å². The Kier molecular flexibility index (Phi) is 4.98. The third kappa shape index (κ3) is 3.87. The number of benzene rings is 2. The quantitative estimate of drug-likeness (QED) is 0.468. The van der Waals surface area contributed by atoms with Crippen molar-refractivity contribution in [3.63, 3.8) is 0 Å². The average molecular weight is 451 g/mol. The zero-order valence-corrected chi connectivity index (χ0v) is 18.5. The molecule has 5 rings (SSSR count). The molecule has 0 saturated carbocycles. The summed E-state index contributed by atoms with van der Waals surface area (Å²) in [6.07, 6.45) is 2.20. The SMILES string of the molecule is CC(C)(O)Cn1cc(Cl)c(CC2c3ccccc3C(=O)N2Cc2ccc3n[nH]nc3c2)n1. The molecule has 164 valence electrons. The van der Waals surface area contributed by atoms with Gasteiger partial charge in [-0.15, -0.1) is 0 Å². The van der Waals surface area contributed by atoms with E-state index in [1.165, 1.54) is 0 Å². The summed E-state index contributed by atoms with van der Waals surface area (Å²) in [6, 6.07) is 13.3. The lowest BCUT2D eigenvalue weighted by Crippen LogP contribution is -2.29. The van der Waals surface area contributed by atoms with Gasteiger partial charge in [0.2, 0.25) is 0 Å². The summed E-state index contributed by atoms with van der Waals surface area (Å²) in [6.45, 7) is 4.21. The van der Waals surface area contributed by atoms with Gasteiger partial charge in [0.25, 0.3) is 5.91 Å². The highest BCUT2D eigenvalue weighted by Crippen LogP contribution is 2.38. The summed E-state index contributed by atoms with van der Waals surface area (Å²) in [7, 11) is 0. The fraction of sp³-hybridized carbons (Fsp3) is 0.304. The highest BCUT2D eigenvalue weighted by Gasteiger charge is 2.37. The Hall–Kier alpha value is -3.23. The van der Waals surface area contributed by atoms with Crippen LogP contribution in [0.3, 0.4) is 0 Å². The fourth-order valence-corrected chi connectivity index (χ4v) is 4.49. The van der Waals surface area contributed by atoms with Crippen LogP contribution in [0, 0.1) is 0 Å². The van der Waals surface area contributed by atoms with E-state index in [4.69, 9.17) is 11.6 Å². The maximum Gasteiger partial charge on any atom is 0.255 e. The number of fused-ring (bicyclic) bond motifs is 2. The number of aromatic nitrogens is 5. The molecule has 2 aromatic heterocycles. The van der Waals surface area contributed by atoms with Crippen molar-refractivity contribution in [2.75, 3.05) is 0 Å². The number of halogens is 1. The minimum Gasteiger partial charge on any atom is -0.389 e. The van der Waals surface area contributed by atoms with Gasteiger partial charge in [-0.05, 0) is 43.2 Å². The monoisotopic (exact) mass is 450 g/mol. The molecular weight excluding hydrogens is 428 g/mol. The van der Waals surface area contributed by atoms with Crippen molar-refractivity contribution in [2.45, 2.75) is 45.0 Å². The topological polar surface area (TPSA) is 99.9 Å². The van der Waals surface area contributed by atoms with Crippen LogP contribution in [-0.2, 0) is 19.5 Å². The summed E-state index contributed by atoms with van der Waals surface area (Å²) < 4.78 is 1.66. The minimum absolute atomic E-state index is 0.0158. The van der Waals surface area contributed by atoms with Crippen molar-refractivity contribution >= 4 is 28.5 Å². The normalized spacial score (nSPS) is 16.2. The summed E-state index contributed by atoms with van der Waals surface area (Å²) in [5.41, 5.74) is 3.97. The Morgan fingerprint density at radius 3 is 2.75 bits per heavy atom. The Morgan fingerprint density at radius 2 is 1.94 bits per heavy atom. The zero-order chi connectivity index (χ0) is 22.5. The number of aromatic amines is 1. The van der Waals surface area contributed by atoms with Crippen LogP contribution in [-0.4, -0.2) is 46.7 Å². The molecule has 1 atom stereocenters. The Labute approximate surface area is 189 Å². The Morgan fingerprint density at radius 1 is 1.16 bits per heavy atom. The van der Waals surface area contributed by atoms with Crippen molar-refractivity contribution in [3.05, 3.63) is 76.1 Å². The van der Waals surface area contributed by atoms with Crippen molar-refractivity contribution in [1.82, 2.24) is 30.1 Å². The number of hydrogen-bond donors (Lipinski definition) is 2. The summed E-state index contributed by atoms with van der Waals surface area (Å²) in [5, 5.41) is 26.1. The molecule has 4 aromatic rings. The van der Waals surface area contributed by atoms with Crippen LogP contribution in [0.4, 0.5) is 0 Å². The number of hydrogen-bond acceptors (Lipinski definition) is 5. The van der Waals surface area contributed by atoms with E-state index in [0.29, 0.717) is 35.8 Å². The molecule has 0 fully saturated rings. The van der Waals surface area contributed by atoms with Gasteiger partial charge in [0.05, 0.1) is 28.9 Å². The van der Waals surface area contributed by atoms with Gasteiger partial charge in [0.15, 0.2) is 0 Å². The first-order valence-corrected chi connectivity index (χ1v) is 10.8. The van der Waals surface area contributed by atoms with Crippen LogP contribution in [0.2, 0.25) is 5.02 Å². The maximum atomic E-state index is 13.3. The van der Waals surface area contributed by atoms with E-state index in [9.17, 15) is 9.90 Å². The predicted octanol–water partition coefficient (Wildman–Crippen LogP) is 3.52. The number of nitrogens with zero attached hydrogens (tertiary/aromatic N) is 5. The largest absolute Gasteiger partial charge is 0.389 e. The lowest BCUT2D eigenvalue weighted by Gasteiger charge is -2.25. The second-order valence-corrected chi connectivity index (χ2v) is 9.23. The summed E-state index contributed by atoms with van der Waals surface area (Å²) >= 11 is 6.49. The molecule has 0 saturated heterocycles. The first-order valence-electron chi connectivity index (χ1n) is 10.4. The molecule has 9 heteroatoms. The van der Waals surface area contributed by atoms with Crippen LogP contribution in [0.15, 0.2) is 48.7 Å². The number of H-pyrrole nitrogens is 1. The molecule has 1 aliphatic heterocycles. The van der Waals surface area contributed by atoms with Crippen LogP contribution >= 0.6 is 11.6 Å². The van der Waals surface area contributed by atoms with Gasteiger partial charge in [-0.1, -0.05) is 35.9 Å². The second kappa shape index (κ2) is 7.72. The van der Waals surface area contributed by atoms with Gasteiger partial charge in [-0.3, -0.25) is 9.48 Å². The number of amides is 1. The number of carbonyl (C=O) groups is 1. The first kappa shape index (κ1) is 20.7. The molecule has 32 heavy (non-hydrogen) atoms. The molecule has 1 amide bonds. The molecule has 1 aliphatic rings. The summed E-state index contributed by atoms with van der Waals surface area (Å²) in [5.74, 6) is -0.0158. The van der Waals surface area contributed by atoms with Gasteiger partial charge >= 0.3 is 0 Å². The maximum absolute atomic E-state index is 13.3. The number of aliphatic hydroxyl groups is 1. The highest BCUT2D eigenvalue weighted by atomic mass is 35.5. The molecule has 0 radical (unpaired) electrons. The van der Waals surface area contributed by atoms with Crippen molar-refractivity contribution in [1.29, 1.82) is 0 Å². The van der Waals surface area contributed by atoms with Gasteiger partial charge in [-0.25, -0.2) is 0 Å². The lowest BCUT2D eigenvalue weighted by molar-refractivity contribution is 0.0576. The molecule has 2 N–H and O–H groups in total. The smallest absolute Gasteiger partial charge is 0.255 e. The predicted molar refractivity (Wildman–Crippen MR) is 120 cm³/mol. The van der Waals surface area contributed by atoms with Crippen molar-refractivity contribution in [3.8, 4) is 0 Å². The van der Waals surface area contributed by atoms with Gasteiger partial charge in [0, 0.05) is 24.7 Å². The second-order valence-electron chi connectivity index (χ2n) is 8.82. The van der Waals surface area contributed by atoms with Gasteiger partial charge in [-0.2, -0.15) is 20.5 Å². The van der Waals surface area contributed by atoms with Crippen LogP contribution < -0.4 is 0 Å². The fourth-order valence-electron chi connectivity index (χ4n) is 4.27. The van der Waals surface area contributed by atoms with Crippen molar-refractivity contribution in [2.24, 2.45) is 0 Å². The molecule has 1 unspecified atom stereocenters. The van der Waals surface area contributed by atoms with E-state index in [0.717, 1.165) is 22.2 Å². The number of carbonyl (C=O) groups excluding carboxylic acids is 1. The van der Waals surface area contributed by atoms with Crippen LogP contribution in [0.25, 0.3) is 11.0 Å². The number of rotatable bonds is 6. The minimum atomic E-state index is -0.908. The molecular formula is C23H23ClN6O2. The van der Waals surface area contributed by atoms with Crippen LogP contribution in [0.1, 0.15) is 47.1 Å². The third-order valence-electron chi connectivity index (χ3n) is 5.64. The highest BCUT2D eigenvalue weighted by molar-refractivity contribution is 6.31. The van der Waals surface area contributed by atoms with E-state index in [2.05, 4.69) is 20.5 Å². The number of nitrogens with one attached hydrogen (secondary N) is 1. The van der Waals surface area contributed by atoms with Gasteiger partial charge in [0.1, 0.15) is 11.0 Å². The first-order chi connectivity index (χ1) is 15.3. The molecule has 0 bridgehead atoms. The van der Waals surface area contributed by atoms with E-state index < -0.39 is 5.60 Å². The third-order valence-corrected chi connectivity index (χ3v) is 5.96. The Bertz CT molecular complexity index is 1310. The van der Waals surface area contributed by atoms with Crippen LogP contribution in [0.5, 0.6) is 0 Å². The van der Waals surface area contributed by atoms with E-state index in [-0.39, 0.29) is 11.9 Å². The lowest BCUT2D eigenvalue weighted by atomic mass is 10.0. The van der Waals surface area contributed by atoms with E-state index in [1.807, 2.05) is 47.4 Å². The molecule has 8 nitrogen and oxygen atoms in total. The molecule has 0 aliphatic carbocycles. The molecule has 0 spiro atoms. The average Bonchev–Trinajstić information content (AvgIpc) is 3.40.